The molecule has 0 bridgehead atoms. The molecule has 117 heavy (non-hydrogen) atoms. The van der Waals surface area contributed by atoms with Crippen molar-refractivity contribution < 1.29 is 72.0 Å². The van der Waals surface area contributed by atoms with Crippen molar-refractivity contribution in [1.29, 1.82) is 0 Å². The van der Waals surface area contributed by atoms with E-state index in [-0.39, 0.29) is 81.6 Å². The van der Waals surface area contributed by atoms with Gasteiger partial charge in [0.1, 0.15) is 13.5 Å². The first-order valence-electron chi connectivity index (χ1n) is 37.9. The minimum atomic E-state index is -1.20. The van der Waals surface area contributed by atoms with E-state index in [1.807, 2.05) is 127 Å². The number of imide groups is 4. The van der Waals surface area contributed by atoms with Crippen LogP contribution in [-0.4, -0.2) is 147 Å². The van der Waals surface area contributed by atoms with Crippen LogP contribution >= 0.6 is 0 Å². The SMILES string of the molecule is C.C1CCCC1.CN1C(=O)c2c(c3c4ccccc4[n-]c3c3ncccc23)C1=O.CN1C(=O)c2c(c3c4ccccc4[nH]c3c3ncccc23)C1=O.CN1C(=O)c2c(c3c4ccccc4n(COCC[Si](C)(C)C)c3c3ncccc23)C1=O.C[Si](C)(C)CCOCn1c2ccccc2c2c3c(c4cccnc4c21)C(=O)NC3=O.[C-]#[O+].[CH3-].[Ru+2]. The van der Waals surface area contributed by atoms with Gasteiger partial charge in [-0.1, -0.05) is 182 Å². The summed E-state index contributed by atoms with van der Waals surface area (Å²) in [6.45, 7) is 20.6. The molecule has 1 aliphatic carbocycles. The largest absolute Gasteiger partial charge is 2.00 e. The predicted octanol–water partition coefficient (Wildman–Crippen LogP) is 18.2. The van der Waals surface area contributed by atoms with E-state index < -0.39 is 16.1 Å². The zero-order valence-electron chi connectivity index (χ0n) is 65.8. The summed E-state index contributed by atoms with van der Waals surface area (Å²) in [4.78, 5) is 132. The number of carbonyl (C=O) groups is 8. The maximum Gasteiger partial charge on any atom is 2.00 e. The number of aromatic nitrogens is 8. The van der Waals surface area contributed by atoms with Crippen LogP contribution in [0.15, 0.2) is 170 Å². The molecule has 0 radical (unpaired) electrons. The Hall–Kier alpha value is -12.1. The van der Waals surface area contributed by atoms with Crippen LogP contribution in [0.2, 0.25) is 51.4 Å². The maximum absolute atomic E-state index is 13.1. The van der Waals surface area contributed by atoms with Gasteiger partial charge in [0.05, 0.1) is 94.2 Å². The second-order valence-electron chi connectivity index (χ2n) is 31.5. The van der Waals surface area contributed by atoms with E-state index in [0.717, 1.165) is 104 Å². The summed E-state index contributed by atoms with van der Waals surface area (Å²) in [5.74, 6) is -2.34. The number of hydrogen-bond donors (Lipinski definition) is 2. The molecule has 1 fully saturated rings. The van der Waals surface area contributed by atoms with Crippen LogP contribution in [0, 0.1) is 14.1 Å². The molecule has 26 heteroatoms. The molecule has 5 aliphatic rings. The fourth-order valence-electron chi connectivity index (χ4n) is 16.4. The third kappa shape index (κ3) is 14.1. The molecular formula is C91H86N12O11RuSi2. The van der Waals surface area contributed by atoms with Crippen molar-refractivity contribution >= 4 is 194 Å². The van der Waals surface area contributed by atoms with Crippen LogP contribution in [0.25, 0.3) is 131 Å². The van der Waals surface area contributed by atoms with Crippen molar-refractivity contribution in [3.8, 4) is 0 Å². The molecule has 1 saturated carbocycles. The second kappa shape index (κ2) is 32.9. The first-order chi connectivity index (χ1) is 55.0. The summed E-state index contributed by atoms with van der Waals surface area (Å²) in [6.07, 6.45) is 14.3. The fraction of sp³-hybridized carbons (Fsp3) is 0.231. The van der Waals surface area contributed by atoms with Gasteiger partial charge in [0.2, 0.25) is 0 Å². The standard InChI is InChI=1S/C24H25N3O3Si.C23H23N3O3Si.2C18H11N3O2.C5H10.CO.CH4.CH3.Ru/c1-26-23(28)19-16-9-7-11-25-21(16)22-18(20(19)24(26)29)15-8-5-6-10-17(15)27(22)14-30-12-13-31(2,3)4;1-30(2,3)12-11-29-13-26-16-9-5-4-7-14(16)17-19-18(22(27)25-23(19)28)15-8-6-10-24-20(15)21(17)26;2*1-21-17(22)13-10-6-4-8-19-15(10)16-12(14(13)18(21)23)9-5-2-3-7-11(9)20-16;1-2-4-5-3-1;1-2;;;/h5-11H,12-14H2,1-4H3;4-10H,11-13H2,1-3H3,(H,25,27,28);2-8H,1H3,(H,19,20,22,23);2-8,20H,1H3;1-5H2;;1H4;1H3;/q;;;;;;;-1;+2/p-1. The van der Waals surface area contributed by atoms with Gasteiger partial charge in [0.25, 0.3) is 47.3 Å². The Balaban J connectivity index is 0.000000131. The number of benzene rings is 8. The van der Waals surface area contributed by atoms with E-state index in [1.165, 1.54) is 63.0 Å². The molecule has 12 heterocycles. The minimum Gasteiger partial charge on any atom is -0.358 e. The molecule has 4 aliphatic heterocycles. The van der Waals surface area contributed by atoms with Crippen molar-refractivity contribution in [2.75, 3.05) is 34.4 Å². The van der Waals surface area contributed by atoms with Gasteiger partial charge in [0, 0.05) is 135 Å². The average molecular weight is 1680 g/mol. The van der Waals surface area contributed by atoms with Crippen LogP contribution < -0.4 is 10.3 Å². The number of fused-ring (bicyclic) bond motifs is 32. The summed E-state index contributed by atoms with van der Waals surface area (Å²) in [5.41, 5.74) is 13.2. The van der Waals surface area contributed by atoms with E-state index in [0.29, 0.717) is 115 Å². The Kier molecular flexibility index (Phi) is 23.3. The number of para-hydroxylation sites is 4. The summed E-state index contributed by atoms with van der Waals surface area (Å²) in [7, 11) is 2.17. The van der Waals surface area contributed by atoms with Crippen LogP contribution in [0.1, 0.15) is 122 Å². The third-order valence-electron chi connectivity index (χ3n) is 22.0. The van der Waals surface area contributed by atoms with Gasteiger partial charge in [-0.15, -0.1) is 11.0 Å². The number of H-pyrrole nitrogens is 1. The molecule has 8 aromatic carbocycles. The van der Waals surface area contributed by atoms with Gasteiger partial charge in [-0.3, -0.25) is 78.3 Å². The topological polar surface area (TPSA) is 288 Å². The monoisotopic (exact) mass is 1680 g/mol. The number of amides is 8. The summed E-state index contributed by atoms with van der Waals surface area (Å²) < 4.78 is 23.9. The number of nitrogens with zero attached hydrogens (tertiary/aromatic N) is 10. The number of nitrogens with one attached hydrogen (secondary N) is 2. The summed E-state index contributed by atoms with van der Waals surface area (Å²) >= 11 is 0. The predicted molar refractivity (Wildman–Crippen MR) is 460 cm³/mol. The number of rotatable bonds is 10. The Morgan fingerprint density at radius 1 is 0.410 bits per heavy atom. The van der Waals surface area contributed by atoms with Crippen LogP contribution in [0.3, 0.4) is 0 Å². The zero-order chi connectivity index (χ0) is 79.9. The number of ether oxygens (including phenoxy) is 2. The molecule has 8 aromatic heterocycles. The Bertz CT molecular complexity index is 6650. The first kappa shape index (κ1) is 82.8. The van der Waals surface area contributed by atoms with Gasteiger partial charge in [-0.05, 0) is 65.3 Å². The molecule has 21 rings (SSSR count). The van der Waals surface area contributed by atoms with Crippen molar-refractivity contribution in [3.63, 3.8) is 0 Å². The molecule has 0 saturated heterocycles. The smallest absolute Gasteiger partial charge is 0.358 e. The molecule has 16 aromatic rings. The van der Waals surface area contributed by atoms with Gasteiger partial charge in [-0.2, -0.15) is 0 Å². The van der Waals surface area contributed by atoms with Crippen LogP contribution in [-0.2, 0) is 47.1 Å². The maximum atomic E-state index is 13.1. The molecule has 0 atom stereocenters. The van der Waals surface area contributed by atoms with E-state index in [1.54, 1.807) is 43.0 Å². The van der Waals surface area contributed by atoms with E-state index in [9.17, 15) is 38.4 Å². The van der Waals surface area contributed by atoms with Crippen molar-refractivity contribution in [2.24, 2.45) is 0 Å². The average Bonchev–Trinajstić information content (AvgIpc) is 1.68. The Morgan fingerprint density at radius 3 is 1.24 bits per heavy atom. The minimum absolute atomic E-state index is 0. The van der Waals surface area contributed by atoms with Gasteiger partial charge in [0.15, 0.2) is 0 Å². The zero-order valence-corrected chi connectivity index (χ0v) is 69.5. The van der Waals surface area contributed by atoms with Crippen LogP contribution in [0.4, 0.5) is 0 Å². The van der Waals surface area contributed by atoms with Crippen LogP contribution in [0.5, 0.6) is 0 Å². The number of carbonyl (C=O) groups excluding carboxylic acids is 8. The normalized spacial score (nSPS) is 14.1. The van der Waals surface area contributed by atoms with Crippen molar-refractivity contribution in [3.05, 3.63) is 229 Å². The number of hydrogen-bond acceptors (Lipinski definition) is 14. The number of pyridine rings is 4. The quantitative estimate of drug-likeness (QED) is 0.0423. The molecule has 0 unspecified atom stereocenters. The Morgan fingerprint density at radius 2 is 0.761 bits per heavy atom. The van der Waals surface area contributed by atoms with Crippen molar-refractivity contribution in [2.45, 2.75) is 104 Å². The summed E-state index contributed by atoms with van der Waals surface area (Å²) in [6, 6.07) is 48.0. The molecule has 23 nitrogen and oxygen atoms in total. The molecule has 2 N–H and O–H groups in total. The van der Waals surface area contributed by atoms with Crippen molar-refractivity contribution in [1.82, 2.24) is 59.1 Å². The van der Waals surface area contributed by atoms with Gasteiger partial charge >= 0.3 is 30.8 Å². The second-order valence-corrected chi connectivity index (χ2v) is 42.7. The molecular weight excluding hydrogens is 1590 g/mol. The van der Waals surface area contributed by atoms with E-state index in [2.05, 4.69) is 90.3 Å². The molecule has 592 valence electrons. The van der Waals surface area contributed by atoms with E-state index in [4.69, 9.17) is 14.1 Å². The van der Waals surface area contributed by atoms with Gasteiger partial charge < -0.3 is 36.0 Å². The third-order valence-corrected chi connectivity index (χ3v) is 25.4. The Labute approximate surface area is 688 Å². The molecule has 8 amide bonds. The molecule has 0 spiro atoms. The fourth-order valence-corrected chi connectivity index (χ4v) is 17.9. The number of aromatic amines is 1. The summed E-state index contributed by atoms with van der Waals surface area (Å²) in [5, 5.41) is 12.0. The first-order valence-corrected chi connectivity index (χ1v) is 45.3. The van der Waals surface area contributed by atoms with Gasteiger partial charge in [-0.25, -0.2) is 0 Å². The van der Waals surface area contributed by atoms with E-state index >= 15 is 0 Å².